The average Bonchev–Trinajstić information content (AvgIpc) is 2.55. The number of benzene rings is 2. The molecule has 0 saturated carbocycles. The zero-order valence-electron chi connectivity index (χ0n) is 11.8. The highest BCUT2D eigenvalue weighted by Gasteiger charge is 2.21. The third-order valence-corrected chi connectivity index (χ3v) is 2.58. The van der Waals surface area contributed by atoms with Crippen LogP contribution in [0.25, 0.3) is 0 Å². The molecule has 0 saturated heterocycles. The molecule has 1 N–H and O–H groups in total. The Morgan fingerprint density at radius 1 is 0.792 bits per heavy atom. The fraction of sp³-hybridized carbons (Fsp3) is 0. The molecule has 0 fully saturated rings. The van der Waals surface area contributed by atoms with E-state index in [0.29, 0.717) is 0 Å². The Bertz CT molecular complexity index is 743. The molecule has 0 radical (unpaired) electrons. The Labute approximate surface area is 133 Å². The van der Waals surface area contributed by atoms with Crippen molar-refractivity contribution >= 4 is 23.0 Å². The summed E-state index contributed by atoms with van der Waals surface area (Å²) in [6.07, 6.45) is 0. The number of nitro groups is 3. The van der Waals surface area contributed by atoms with E-state index in [1.165, 1.54) is 30.3 Å². The maximum atomic E-state index is 10.4. The van der Waals surface area contributed by atoms with Gasteiger partial charge < -0.3 is 5.11 Å². The van der Waals surface area contributed by atoms with Crippen molar-refractivity contribution in [3.05, 3.63) is 84.4 Å². The van der Waals surface area contributed by atoms with E-state index in [9.17, 15) is 35.1 Å². The molecular formula is C13H9N3O8. The molecule has 11 heteroatoms. The zero-order valence-corrected chi connectivity index (χ0v) is 11.8. The number of non-ortho nitro benzene ring substituents is 1. The summed E-state index contributed by atoms with van der Waals surface area (Å²) in [7, 11) is 0. The van der Waals surface area contributed by atoms with Crippen molar-refractivity contribution in [2.24, 2.45) is 0 Å². The Kier molecular flexibility index (Phi) is 6.00. The number of hydrogen-bond acceptors (Lipinski definition) is 7. The highest BCUT2D eigenvalue weighted by molar-refractivity contribution is 5.88. The largest absolute Gasteiger partial charge is 0.478 e. The van der Waals surface area contributed by atoms with Crippen LogP contribution in [0.5, 0.6) is 0 Å². The van der Waals surface area contributed by atoms with Gasteiger partial charge in [-0.2, -0.15) is 0 Å². The second kappa shape index (κ2) is 7.93. The van der Waals surface area contributed by atoms with E-state index in [-0.39, 0.29) is 11.3 Å². The summed E-state index contributed by atoms with van der Waals surface area (Å²) in [5, 5.41) is 39.1. The van der Waals surface area contributed by atoms with E-state index < -0.39 is 32.1 Å². The molecule has 124 valence electrons. The fourth-order valence-corrected chi connectivity index (χ4v) is 1.53. The van der Waals surface area contributed by atoms with Gasteiger partial charge in [-0.1, -0.05) is 18.2 Å². The molecule has 2 aromatic rings. The molecule has 0 atom stereocenters. The van der Waals surface area contributed by atoms with Crippen LogP contribution in [0.2, 0.25) is 0 Å². The molecule has 2 aromatic carbocycles. The Hall–Kier alpha value is -3.89. The van der Waals surface area contributed by atoms with Crippen LogP contribution in [-0.2, 0) is 0 Å². The molecule has 0 amide bonds. The fourth-order valence-electron chi connectivity index (χ4n) is 1.53. The number of nitro benzene ring substituents is 3. The summed E-state index contributed by atoms with van der Waals surface area (Å²) in [6.45, 7) is 0. The van der Waals surface area contributed by atoms with Gasteiger partial charge in [-0.15, -0.1) is 0 Å². The van der Waals surface area contributed by atoms with Crippen LogP contribution in [0, 0.1) is 30.3 Å². The molecule has 0 unspecified atom stereocenters. The summed E-state index contributed by atoms with van der Waals surface area (Å²) in [5.74, 6) is -1.17. The normalized spacial score (nSPS) is 9.33. The lowest BCUT2D eigenvalue weighted by molar-refractivity contribution is -0.422. The molecule has 0 bridgehead atoms. The smallest absolute Gasteiger partial charge is 0.346 e. The summed E-state index contributed by atoms with van der Waals surface area (Å²) in [6, 6.07) is 9.85. The predicted octanol–water partition coefficient (Wildman–Crippen LogP) is 2.80. The lowest BCUT2D eigenvalue weighted by Crippen LogP contribution is -1.97. The Morgan fingerprint density at radius 3 is 1.67 bits per heavy atom. The molecule has 0 aliphatic carbocycles. The maximum Gasteiger partial charge on any atom is 0.346 e. The molecule has 0 aromatic heterocycles. The first-order valence-electron chi connectivity index (χ1n) is 6.09. The lowest BCUT2D eigenvalue weighted by Gasteiger charge is -1.92. The first-order valence-corrected chi connectivity index (χ1v) is 6.09. The van der Waals surface area contributed by atoms with Gasteiger partial charge in [-0.05, 0) is 6.07 Å². The number of carboxylic acid groups (broad SMARTS) is 1. The van der Waals surface area contributed by atoms with Crippen molar-refractivity contribution in [3.63, 3.8) is 0 Å². The molecule has 11 nitrogen and oxygen atoms in total. The molecule has 0 aliphatic heterocycles. The van der Waals surface area contributed by atoms with Gasteiger partial charge in [0.05, 0.1) is 20.3 Å². The number of nitrogens with zero attached hydrogens (tertiary/aromatic N) is 3. The number of aromatic carboxylic acids is 1. The number of carboxylic acids is 1. The topological polar surface area (TPSA) is 167 Å². The monoisotopic (exact) mass is 335 g/mol. The summed E-state index contributed by atoms with van der Waals surface area (Å²) < 4.78 is 0. The Morgan fingerprint density at radius 2 is 1.29 bits per heavy atom. The van der Waals surface area contributed by atoms with Crippen LogP contribution < -0.4 is 0 Å². The van der Waals surface area contributed by atoms with Crippen molar-refractivity contribution in [2.45, 2.75) is 0 Å². The highest BCUT2D eigenvalue weighted by atomic mass is 16.6. The SMILES string of the molecule is O=C(O)c1cccc([N+](=O)[O-])c1.O=[N+]([O-])c1ccccc1[N+](=O)[O-]. The van der Waals surface area contributed by atoms with E-state index in [2.05, 4.69) is 0 Å². The standard InChI is InChI=1S/C7H5NO4.C6H4N2O4/c9-7(10)5-2-1-3-6(4-5)8(11)12;9-7(10)5-3-1-2-4-6(5)8(11)12/h1-4H,(H,9,10);1-4H. The number of carbonyl (C=O) groups is 1. The number of hydrogen-bond donors (Lipinski definition) is 1. The summed E-state index contributed by atoms with van der Waals surface area (Å²) in [5.41, 5.74) is -1.26. The number of para-hydroxylation sites is 2. The third-order valence-electron chi connectivity index (χ3n) is 2.58. The van der Waals surface area contributed by atoms with E-state index in [0.717, 1.165) is 18.2 Å². The average molecular weight is 335 g/mol. The van der Waals surface area contributed by atoms with Crippen molar-refractivity contribution in [1.29, 1.82) is 0 Å². The quantitative estimate of drug-likeness (QED) is 0.657. The van der Waals surface area contributed by atoms with Gasteiger partial charge in [0.25, 0.3) is 5.69 Å². The van der Waals surface area contributed by atoms with Gasteiger partial charge in [-0.25, -0.2) is 4.79 Å². The zero-order chi connectivity index (χ0) is 18.3. The first-order chi connectivity index (χ1) is 11.2. The molecule has 24 heavy (non-hydrogen) atoms. The van der Waals surface area contributed by atoms with Gasteiger partial charge in [0.2, 0.25) is 0 Å². The van der Waals surface area contributed by atoms with E-state index in [4.69, 9.17) is 5.11 Å². The summed E-state index contributed by atoms with van der Waals surface area (Å²) >= 11 is 0. The minimum Gasteiger partial charge on any atom is -0.478 e. The number of rotatable bonds is 4. The second-order valence-electron chi connectivity index (χ2n) is 4.12. The van der Waals surface area contributed by atoms with Gasteiger partial charge in [0.1, 0.15) is 0 Å². The first kappa shape index (κ1) is 18.2. The second-order valence-corrected chi connectivity index (χ2v) is 4.12. The van der Waals surface area contributed by atoms with E-state index >= 15 is 0 Å². The van der Waals surface area contributed by atoms with Gasteiger partial charge in [0, 0.05) is 24.3 Å². The molecule has 0 aliphatic rings. The van der Waals surface area contributed by atoms with Crippen LogP contribution in [-0.4, -0.2) is 25.8 Å². The third kappa shape index (κ3) is 4.84. The van der Waals surface area contributed by atoms with Crippen molar-refractivity contribution < 1.29 is 24.7 Å². The van der Waals surface area contributed by atoms with Crippen molar-refractivity contribution in [2.75, 3.05) is 0 Å². The van der Waals surface area contributed by atoms with Crippen LogP contribution in [0.15, 0.2) is 48.5 Å². The molecule has 0 spiro atoms. The maximum absolute atomic E-state index is 10.4. The molecular weight excluding hydrogens is 326 g/mol. The van der Waals surface area contributed by atoms with Crippen LogP contribution >= 0.6 is 0 Å². The van der Waals surface area contributed by atoms with Crippen LogP contribution in [0.4, 0.5) is 17.1 Å². The van der Waals surface area contributed by atoms with E-state index in [1.807, 2.05) is 0 Å². The Balaban J connectivity index is 0.000000240. The predicted molar refractivity (Wildman–Crippen MR) is 79.8 cm³/mol. The van der Waals surface area contributed by atoms with Crippen LogP contribution in [0.3, 0.4) is 0 Å². The molecule has 0 heterocycles. The summed E-state index contributed by atoms with van der Waals surface area (Å²) in [4.78, 5) is 38.8. The van der Waals surface area contributed by atoms with Crippen molar-refractivity contribution in [1.82, 2.24) is 0 Å². The minimum absolute atomic E-state index is 0.0794. The molecule has 2 rings (SSSR count). The lowest BCUT2D eigenvalue weighted by atomic mass is 10.2. The van der Waals surface area contributed by atoms with Gasteiger partial charge in [0.15, 0.2) is 0 Å². The van der Waals surface area contributed by atoms with E-state index in [1.54, 1.807) is 0 Å². The van der Waals surface area contributed by atoms with Gasteiger partial charge >= 0.3 is 17.3 Å². The minimum atomic E-state index is -1.17. The van der Waals surface area contributed by atoms with Gasteiger partial charge in [-0.3, -0.25) is 30.3 Å². The van der Waals surface area contributed by atoms with Crippen molar-refractivity contribution in [3.8, 4) is 0 Å². The van der Waals surface area contributed by atoms with Crippen LogP contribution in [0.1, 0.15) is 10.4 Å². The highest BCUT2D eigenvalue weighted by Crippen LogP contribution is 2.24.